The normalized spacial score (nSPS) is 10.3. The first-order valence-corrected chi connectivity index (χ1v) is 9.30. The molecule has 0 heterocycles. The van der Waals surface area contributed by atoms with Crippen molar-refractivity contribution in [3.05, 3.63) is 65.2 Å². The van der Waals surface area contributed by atoms with E-state index >= 15 is 0 Å². The van der Waals surface area contributed by atoms with Gasteiger partial charge >= 0.3 is 6.03 Å². The van der Waals surface area contributed by atoms with E-state index in [9.17, 15) is 4.79 Å². The molecule has 0 radical (unpaired) electrons. The third-order valence-corrected chi connectivity index (χ3v) is 4.22. The molecule has 2 rings (SSSR count). The van der Waals surface area contributed by atoms with Crippen LogP contribution in [0.3, 0.4) is 0 Å². The first-order valence-electron chi connectivity index (χ1n) is 8.92. The van der Waals surface area contributed by atoms with E-state index in [2.05, 4.69) is 17.2 Å². The number of halogens is 1. The van der Waals surface area contributed by atoms with E-state index in [0.29, 0.717) is 16.5 Å². The molecule has 27 heavy (non-hydrogen) atoms. The fourth-order valence-corrected chi connectivity index (χ4v) is 2.62. The van der Waals surface area contributed by atoms with E-state index in [4.69, 9.17) is 16.3 Å². The fraction of sp³-hybridized carbons (Fsp3) is 0.318. The second-order valence-electron chi connectivity index (χ2n) is 6.41. The van der Waals surface area contributed by atoms with Gasteiger partial charge in [-0.3, -0.25) is 0 Å². The average molecular weight is 389 g/mol. The molecule has 0 saturated carbocycles. The molecule has 0 aliphatic carbocycles. The summed E-state index contributed by atoms with van der Waals surface area (Å²) in [6.07, 6.45) is 0. The number of methoxy groups -OCH3 is 1. The quantitative estimate of drug-likeness (QED) is 0.617. The van der Waals surface area contributed by atoms with Gasteiger partial charge in [0.2, 0.25) is 0 Å². The van der Waals surface area contributed by atoms with Gasteiger partial charge < -0.3 is 15.4 Å². The van der Waals surface area contributed by atoms with Crippen molar-refractivity contribution >= 4 is 28.9 Å². The van der Waals surface area contributed by atoms with Crippen molar-refractivity contribution in [3.63, 3.8) is 0 Å². The van der Waals surface area contributed by atoms with E-state index < -0.39 is 5.54 Å². The molecule has 2 amide bonds. The molecular weight excluding hydrogens is 360 g/mol. The number of hydrogen-bond donors (Lipinski definition) is 2. The van der Waals surface area contributed by atoms with Gasteiger partial charge in [0.1, 0.15) is 5.75 Å². The summed E-state index contributed by atoms with van der Waals surface area (Å²) in [5.41, 5.74) is 3.08. The summed E-state index contributed by atoms with van der Waals surface area (Å²) in [5, 5.41) is 6.28. The van der Waals surface area contributed by atoms with E-state index in [1.807, 2.05) is 58.9 Å². The second kappa shape index (κ2) is 10.0. The summed E-state index contributed by atoms with van der Waals surface area (Å²) < 4.78 is 5.16. The zero-order chi connectivity index (χ0) is 20.6. The van der Waals surface area contributed by atoms with Crippen LogP contribution < -0.4 is 15.4 Å². The van der Waals surface area contributed by atoms with Gasteiger partial charge in [-0.15, -0.1) is 0 Å². The summed E-state index contributed by atoms with van der Waals surface area (Å²) in [6, 6.07) is 12.8. The van der Waals surface area contributed by atoms with E-state index in [1.54, 1.807) is 18.2 Å². The van der Waals surface area contributed by atoms with Gasteiger partial charge in [0.05, 0.1) is 17.7 Å². The van der Waals surface area contributed by atoms with Crippen LogP contribution in [0.5, 0.6) is 5.75 Å². The van der Waals surface area contributed by atoms with Crippen LogP contribution in [0.2, 0.25) is 5.02 Å². The number of ether oxygens (including phenoxy) is 1. The van der Waals surface area contributed by atoms with Crippen molar-refractivity contribution in [1.82, 2.24) is 5.32 Å². The molecule has 2 aromatic rings. The number of carbonyl (C=O) groups is 1. The van der Waals surface area contributed by atoms with E-state index in [0.717, 1.165) is 16.7 Å². The number of amides is 2. The molecule has 0 bridgehead atoms. The average Bonchev–Trinajstić information content (AvgIpc) is 2.64. The first-order chi connectivity index (χ1) is 12.7. The van der Waals surface area contributed by atoms with Crippen LogP contribution >= 0.6 is 11.6 Å². The Morgan fingerprint density at radius 2 is 1.81 bits per heavy atom. The third kappa shape index (κ3) is 6.33. The van der Waals surface area contributed by atoms with Gasteiger partial charge in [0.25, 0.3) is 0 Å². The van der Waals surface area contributed by atoms with Crippen LogP contribution in [-0.2, 0) is 5.54 Å². The van der Waals surface area contributed by atoms with E-state index in [1.165, 1.54) is 7.11 Å². The summed E-state index contributed by atoms with van der Waals surface area (Å²) >= 11 is 6.00. The Kier molecular flexibility index (Phi) is 8.38. The molecule has 0 aromatic heterocycles. The maximum atomic E-state index is 12.4. The molecular formula is C22H29ClN2O2. The van der Waals surface area contributed by atoms with Crippen LogP contribution in [0, 0.1) is 0 Å². The molecule has 4 nitrogen and oxygen atoms in total. The highest BCUT2D eigenvalue weighted by molar-refractivity contribution is 6.32. The standard InChI is InChI=1S/C20H23ClN2O2.C2H6/c1-13(2)14-7-6-8-15(11-14)20(3,4)23-19(24)22-16-9-10-17(21)18(12-16)25-5;1-2/h6-12H,1H2,2-5H3,(H2,22,23,24);1-2H3. The molecule has 0 fully saturated rings. The number of rotatable bonds is 5. The molecule has 2 aromatic carbocycles. The van der Waals surface area contributed by atoms with Crippen LogP contribution in [0.1, 0.15) is 45.7 Å². The Hall–Kier alpha value is -2.46. The molecule has 0 aliphatic heterocycles. The van der Waals surface area contributed by atoms with Gasteiger partial charge in [0.15, 0.2) is 0 Å². The van der Waals surface area contributed by atoms with Crippen molar-refractivity contribution in [2.75, 3.05) is 12.4 Å². The number of carbonyl (C=O) groups excluding carboxylic acids is 1. The Balaban J connectivity index is 0.00000176. The molecule has 0 spiro atoms. The van der Waals surface area contributed by atoms with Gasteiger partial charge in [-0.25, -0.2) is 4.79 Å². The number of benzene rings is 2. The minimum Gasteiger partial charge on any atom is -0.495 e. The van der Waals surface area contributed by atoms with Crippen LogP contribution in [0.4, 0.5) is 10.5 Å². The maximum Gasteiger partial charge on any atom is 0.319 e. The van der Waals surface area contributed by atoms with Gasteiger partial charge in [-0.1, -0.05) is 55.8 Å². The van der Waals surface area contributed by atoms with Crippen molar-refractivity contribution in [2.45, 2.75) is 40.2 Å². The fourth-order valence-electron chi connectivity index (χ4n) is 2.43. The Labute approximate surface area is 167 Å². The third-order valence-electron chi connectivity index (χ3n) is 3.91. The number of hydrogen-bond acceptors (Lipinski definition) is 2. The number of allylic oxidation sites excluding steroid dienone is 1. The molecule has 0 atom stereocenters. The molecule has 0 unspecified atom stereocenters. The van der Waals surface area contributed by atoms with Crippen LogP contribution in [-0.4, -0.2) is 13.1 Å². The van der Waals surface area contributed by atoms with Gasteiger partial charge in [-0.2, -0.15) is 0 Å². The smallest absolute Gasteiger partial charge is 0.319 e. The lowest BCUT2D eigenvalue weighted by molar-refractivity contribution is 0.242. The first kappa shape index (κ1) is 22.6. The number of anilines is 1. The van der Waals surface area contributed by atoms with E-state index in [-0.39, 0.29) is 6.03 Å². The molecule has 2 N–H and O–H groups in total. The molecule has 5 heteroatoms. The van der Waals surface area contributed by atoms with Crippen molar-refractivity contribution in [1.29, 1.82) is 0 Å². The molecule has 0 saturated heterocycles. The van der Waals surface area contributed by atoms with Crippen molar-refractivity contribution in [2.24, 2.45) is 0 Å². The second-order valence-corrected chi connectivity index (χ2v) is 6.82. The Morgan fingerprint density at radius 3 is 2.41 bits per heavy atom. The highest BCUT2D eigenvalue weighted by atomic mass is 35.5. The predicted molar refractivity (Wildman–Crippen MR) is 116 cm³/mol. The minimum atomic E-state index is -0.550. The molecule has 0 aliphatic rings. The SMILES string of the molecule is C=C(C)c1cccc(C(C)(C)NC(=O)Nc2ccc(Cl)c(OC)c2)c1.CC. The van der Waals surface area contributed by atoms with Gasteiger partial charge in [-0.05, 0) is 50.1 Å². The number of nitrogens with one attached hydrogen (secondary N) is 2. The van der Waals surface area contributed by atoms with Crippen molar-refractivity contribution < 1.29 is 9.53 Å². The Morgan fingerprint density at radius 1 is 1.15 bits per heavy atom. The predicted octanol–water partition coefficient (Wildman–Crippen LogP) is 6.46. The topological polar surface area (TPSA) is 50.4 Å². The Bertz CT molecular complexity index is 801. The summed E-state index contributed by atoms with van der Waals surface area (Å²) in [4.78, 5) is 12.4. The van der Waals surface area contributed by atoms with Crippen molar-refractivity contribution in [3.8, 4) is 5.75 Å². The summed E-state index contributed by atoms with van der Waals surface area (Å²) in [7, 11) is 1.53. The van der Waals surface area contributed by atoms with Crippen LogP contribution in [0.25, 0.3) is 5.57 Å². The largest absolute Gasteiger partial charge is 0.495 e. The molecule has 146 valence electrons. The summed E-state index contributed by atoms with van der Waals surface area (Å²) in [6.45, 7) is 13.8. The monoisotopic (exact) mass is 388 g/mol. The lowest BCUT2D eigenvalue weighted by atomic mass is 9.92. The zero-order valence-electron chi connectivity index (χ0n) is 16.9. The minimum absolute atomic E-state index is 0.310. The zero-order valence-corrected chi connectivity index (χ0v) is 17.7. The highest BCUT2D eigenvalue weighted by Crippen LogP contribution is 2.28. The lowest BCUT2D eigenvalue weighted by Crippen LogP contribution is -2.43. The lowest BCUT2D eigenvalue weighted by Gasteiger charge is -2.27. The number of urea groups is 1. The highest BCUT2D eigenvalue weighted by Gasteiger charge is 2.23. The summed E-state index contributed by atoms with van der Waals surface area (Å²) in [5.74, 6) is 0.507. The van der Waals surface area contributed by atoms with Gasteiger partial charge in [0, 0.05) is 11.8 Å². The maximum absolute atomic E-state index is 12.4. The van der Waals surface area contributed by atoms with Crippen LogP contribution in [0.15, 0.2) is 49.0 Å².